The number of hydrogen-bond acceptors (Lipinski definition) is 7. The summed E-state index contributed by atoms with van der Waals surface area (Å²) in [6.07, 6.45) is 0. The Morgan fingerprint density at radius 3 is 2.03 bits per heavy atom. The molecule has 0 saturated carbocycles. The number of benzene rings is 9. The molecule has 9 aromatic carbocycles. The number of fused-ring (bicyclic) bond motifs is 7. The normalized spacial score (nSPS) is 11.5. The third kappa shape index (κ3) is 6.22. The number of rotatable bonds is 7. The maximum absolute atomic E-state index is 12.0. The van der Waals surface area contributed by atoms with Crippen molar-refractivity contribution in [3.05, 3.63) is 216 Å². The van der Waals surface area contributed by atoms with E-state index in [9.17, 15) is 10.1 Å². The Morgan fingerprint density at radius 1 is 0.531 bits per heavy atom. The molecule has 0 aliphatic rings. The minimum Gasteiger partial charge on any atom is -0.423 e. The van der Waals surface area contributed by atoms with Crippen LogP contribution in [0.1, 0.15) is 5.56 Å². The third-order valence-electron chi connectivity index (χ3n) is 12.1. The maximum Gasteiger partial charge on any atom is 0.336 e. The summed E-state index contributed by atoms with van der Waals surface area (Å²) in [5.74, 6) is 0. The predicted molar refractivity (Wildman–Crippen MR) is 261 cm³/mol. The Morgan fingerprint density at radius 2 is 1.22 bits per heavy atom. The Bertz CT molecular complexity index is 3880. The molecule has 8 heteroatoms. The summed E-state index contributed by atoms with van der Waals surface area (Å²) in [6.45, 7) is 0. The van der Waals surface area contributed by atoms with Gasteiger partial charge < -0.3 is 13.9 Å². The van der Waals surface area contributed by atoms with Crippen LogP contribution in [-0.4, -0.2) is 13.3 Å². The average Bonchev–Trinajstić information content (AvgIpc) is 3.99. The standard InChI is InChI=1S/C56H33N5O2S/c57-34-35-7-6-11-45(31-35)61-50-28-20-42(32-49(50)48-26-19-39-10-4-5-12-47(39)56(48)61)46-27-29-51(55-54(46)58-64-59-55)60(43-22-15-37(16-23-43)36-8-2-1-3-9-36)44-24-17-38(18-25-44)41-14-13-40-21-30-53(62)63-52(40)33-41/h1-33H. The lowest BCUT2D eigenvalue weighted by molar-refractivity contribution is 0.561. The van der Waals surface area contributed by atoms with Gasteiger partial charge in [-0.15, -0.1) is 0 Å². The van der Waals surface area contributed by atoms with Crippen molar-refractivity contribution in [2.24, 2.45) is 0 Å². The van der Waals surface area contributed by atoms with Gasteiger partial charge in [0.15, 0.2) is 0 Å². The lowest BCUT2D eigenvalue weighted by Crippen LogP contribution is -2.10. The molecular weight excluding hydrogens is 807 g/mol. The highest BCUT2D eigenvalue weighted by Crippen LogP contribution is 2.44. The third-order valence-corrected chi connectivity index (χ3v) is 12.7. The highest BCUT2D eigenvalue weighted by atomic mass is 32.1. The lowest BCUT2D eigenvalue weighted by Gasteiger charge is -2.26. The Balaban J connectivity index is 1.000. The first-order chi connectivity index (χ1) is 31.6. The number of hydrogen-bond donors (Lipinski definition) is 0. The molecule has 300 valence electrons. The minimum absolute atomic E-state index is 0.372. The first kappa shape index (κ1) is 37.1. The van der Waals surface area contributed by atoms with Crippen LogP contribution < -0.4 is 10.5 Å². The summed E-state index contributed by atoms with van der Waals surface area (Å²) in [5, 5.41) is 15.2. The fraction of sp³-hybridized carbons (Fsp3) is 0. The molecule has 0 aliphatic carbocycles. The highest BCUT2D eigenvalue weighted by Gasteiger charge is 2.22. The molecule has 0 spiro atoms. The van der Waals surface area contributed by atoms with Crippen LogP contribution in [0.2, 0.25) is 0 Å². The van der Waals surface area contributed by atoms with Gasteiger partial charge in [0.05, 0.1) is 40.1 Å². The van der Waals surface area contributed by atoms with Gasteiger partial charge in [0.2, 0.25) is 0 Å². The number of anilines is 3. The Hall–Kier alpha value is -8.64. The molecule has 12 aromatic rings. The fourth-order valence-corrected chi connectivity index (χ4v) is 9.67. The predicted octanol–water partition coefficient (Wildman–Crippen LogP) is 14.4. The summed E-state index contributed by atoms with van der Waals surface area (Å²) in [6, 6.07) is 70.5. The zero-order valence-electron chi connectivity index (χ0n) is 34.0. The first-order valence-corrected chi connectivity index (χ1v) is 21.6. The van der Waals surface area contributed by atoms with Crippen molar-refractivity contribution in [1.82, 2.24) is 13.3 Å². The van der Waals surface area contributed by atoms with E-state index in [0.29, 0.717) is 11.1 Å². The second-order valence-electron chi connectivity index (χ2n) is 15.8. The van der Waals surface area contributed by atoms with Crippen molar-refractivity contribution in [2.75, 3.05) is 4.90 Å². The fourth-order valence-electron chi connectivity index (χ4n) is 9.10. The van der Waals surface area contributed by atoms with Crippen LogP contribution in [0, 0.1) is 11.3 Å². The molecule has 7 nitrogen and oxygen atoms in total. The quantitative estimate of drug-likeness (QED) is 0.149. The van der Waals surface area contributed by atoms with Gasteiger partial charge >= 0.3 is 5.63 Å². The Labute approximate surface area is 370 Å². The van der Waals surface area contributed by atoms with Gasteiger partial charge in [0.1, 0.15) is 16.6 Å². The molecule has 0 radical (unpaired) electrons. The van der Waals surface area contributed by atoms with E-state index in [2.05, 4.69) is 161 Å². The van der Waals surface area contributed by atoms with Gasteiger partial charge in [0, 0.05) is 50.2 Å². The van der Waals surface area contributed by atoms with E-state index in [-0.39, 0.29) is 5.63 Å². The van der Waals surface area contributed by atoms with Crippen LogP contribution in [0.3, 0.4) is 0 Å². The molecule has 3 heterocycles. The van der Waals surface area contributed by atoms with Crippen molar-refractivity contribution in [2.45, 2.75) is 0 Å². The smallest absolute Gasteiger partial charge is 0.336 e. The Kier molecular flexibility index (Phi) is 8.74. The molecule has 12 rings (SSSR count). The molecule has 3 aromatic heterocycles. The second-order valence-corrected chi connectivity index (χ2v) is 16.3. The van der Waals surface area contributed by atoms with E-state index < -0.39 is 0 Å². The van der Waals surface area contributed by atoms with Crippen LogP contribution in [0.15, 0.2) is 209 Å². The molecule has 0 bridgehead atoms. The molecule has 0 aliphatic heterocycles. The molecule has 0 amide bonds. The summed E-state index contributed by atoms with van der Waals surface area (Å²) >= 11 is 1.21. The minimum atomic E-state index is -0.372. The van der Waals surface area contributed by atoms with Gasteiger partial charge in [-0.3, -0.25) is 0 Å². The number of nitriles is 1. The molecule has 0 fully saturated rings. The van der Waals surface area contributed by atoms with E-state index in [1.807, 2.05) is 42.5 Å². The van der Waals surface area contributed by atoms with Crippen LogP contribution in [0.25, 0.3) is 93.6 Å². The van der Waals surface area contributed by atoms with Crippen molar-refractivity contribution in [3.63, 3.8) is 0 Å². The van der Waals surface area contributed by atoms with Crippen molar-refractivity contribution in [3.8, 4) is 45.1 Å². The summed E-state index contributed by atoms with van der Waals surface area (Å²) in [5.41, 5.74) is 14.6. The molecule has 0 atom stereocenters. The van der Waals surface area contributed by atoms with Crippen LogP contribution in [-0.2, 0) is 0 Å². The molecular formula is C56H33N5O2S. The van der Waals surface area contributed by atoms with Gasteiger partial charge in [-0.25, -0.2) is 4.79 Å². The van der Waals surface area contributed by atoms with E-state index in [0.717, 1.165) is 105 Å². The first-order valence-electron chi connectivity index (χ1n) is 20.9. The van der Waals surface area contributed by atoms with Crippen molar-refractivity contribution < 1.29 is 4.42 Å². The topological polar surface area (TPSA) is 88.0 Å². The van der Waals surface area contributed by atoms with Gasteiger partial charge in [-0.1, -0.05) is 115 Å². The van der Waals surface area contributed by atoms with Crippen LogP contribution in [0.5, 0.6) is 0 Å². The van der Waals surface area contributed by atoms with Gasteiger partial charge in [0.25, 0.3) is 0 Å². The van der Waals surface area contributed by atoms with Gasteiger partial charge in [-0.05, 0) is 112 Å². The summed E-state index contributed by atoms with van der Waals surface area (Å²) in [7, 11) is 0. The number of aromatic nitrogens is 3. The van der Waals surface area contributed by atoms with E-state index in [1.165, 1.54) is 17.8 Å². The van der Waals surface area contributed by atoms with Crippen molar-refractivity contribution in [1.29, 1.82) is 5.26 Å². The number of nitrogens with zero attached hydrogens (tertiary/aromatic N) is 5. The van der Waals surface area contributed by atoms with E-state index in [1.54, 1.807) is 6.07 Å². The van der Waals surface area contributed by atoms with Crippen LogP contribution >= 0.6 is 11.7 Å². The zero-order chi connectivity index (χ0) is 42.7. The SMILES string of the molecule is N#Cc1cccc(-n2c3ccc(-c4ccc(N(c5ccc(-c6ccccc6)cc5)c5ccc(-c6ccc7ccc(=O)oc7c6)cc5)c5nsnc45)cc3c3ccc4ccccc4c32)c1. The molecule has 0 saturated heterocycles. The molecule has 0 unspecified atom stereocenters. The second kappa shape index (κ2) is 15.1. The maximum atomic E-state index is 12.0. The molecule has 64 heavy (non-hydrogen) atoms. The van der Waals surface area contributed by atoms with E-state index >= 15 is 0 Å². The summed E-state index contributed by atoms with van der Waals surface area (Å²) < 4.78 is 17.7. The largest absolute Gasteiger partial charge is 0.423 e. The average molecular weight is 840 g/mol. The van der Waals surface area contributed by atoms with E-state index in [4.69, 9.17) is 13.2 Å². The van der Waals surface area contributed by atoms with Gasteiger partial charge in [-0.2, -0.15) is 14.0 Å². The van der Waals surface area contributed by atoms with Crippen LogP contribution in [0.4, 0.5) is 17.1 Å². The molecule has 0 N–H and O–H groups in total. The highest BCUT2D eigenvalue weighted by molar-refractivity contribution is 7.00. The monoisotopic (exact) mass is 839 g/mol. The lowest BCUT2D eigenvalue weighted by atomic mass is 9.99. The van der Waals surface area contributed by atoms with Crippen molar-refractivity contribution >= 4 is 83.4 Å². The zero-order valence-corrected chi connectivity index (χ0v) is 34.8. The summed E-state index contributed by atoms with van der Waals surface area (Å²) in [4.78, 5) is 14.3.